The normalized spacial score (nSPS) is 15.9. The number of aryl methyl sites for hydroxylation is 1. The minimum absolute atomic E-state index is 0.0976. The summed E-state index contributed by atoms with van der Waals surface area (Å²) >= 11 is 12.3. The number of benzene rings is 2. The third-order valence-corrected chi connectivity index (χ3v) is 4.89. The Morgan fingerprint density at radius 1 is 1.08 bits per heavy atom. The molecule has 0 aliphatic carbocycles. The van der Waals surface area contributed by atoms with Crippen molar-refractivity contribution in [3.05, 3.63) is 87.7 Å². The molecule has 6 heteroatoms. The van der Waals surface area contributed by atoms with Gasteiger partial charge < -0.3 is 5.32 Å². The largest absolute Gasteiger partial charge is 0.359 e. The monoisotopic (exact) mass is 383 g/mol. The average Bonchev–Trinajstić information content (AvgIpc) is 2.91. The number of rotatable bonds is 3. The van der Waals surface area contributed by atoms with E-state index in [0.29, 0.717) is 27.0 Å². The minimum atomic E-state index is -0.458. The predicted octanol–water partition coefficient (Wildman–Crippen LogP) is 5.47. The van der Waals surface area contributed by atoms with Gasteiger partial charge in [0.25, 0.3) is 5.91 Å². The van der Waals surface area contributed by atoms with Gasteiger partial charge in [-0.2, -0.15) is 0 Å². The van der Waals surface area contributed by atoms with E-state index >= 15 is 0 Å². The molecule has 26 heavy (non-hydrogen) atoms. The molecule has 3 aromatic rings. The van der Waals surface area contributed by atoms with Gasteiger partial charge in [-0.15, -0.1) is 0 Å². The van der Waals surface area contributed by atoms with Crippen molar-refractivity contribution in [1.29, 1.82) is 0 Å². The molecule has 2 heterocycles. The number of nitrogens with one attached hydrogen (secondary N) is 1. The van der Waals surface area contributed by atoms with Crippen LogP contribution in [0.3, 0.4) is 0 Å². The lowest BCUT2D eigenvalue weighted by molar-refractivity contribution is 0.0993. The molecule has 0 saturated carbocycles. The van der Waals surface area contributed by atoms with Gasteiger partial charge in [-0.05, 0) is 49.4 Å². The number of carbonyl (C=O) groups excluding carboxylic acids is 1. The first-order chi connectivity index (χ1) is 12.5. The minimum Gasteiger partial charge on any atom is -0.359 e. The van der Waals surface area contributed by atoms with Gasteiger partial charge in [-0.1, -0.05) is 40.9 Å². The SMILES string of the molecule is Cc1ccc(N2C(=O)c3cccnc3[C@@H]2Nc2ccc(Cl)cc2Cl)cc1. The van der Waals surface area contributed by atoms with Crippen molar-refractivity contribution in [2.45, 2.75) is 13.1 Å². The van der Waals surface area contributed by atoms with Crippen LogP contribution in [0.25, 0.3) is 0 Å². The number of anilines is 2. The lowest BCUT2D eigenvalue weighted by Crippen LogP contribution is -2.32. The summed E-state index contributed by atoms with van der Waals surface area (Å²) in [5, 5.41) is 4.38. The van der Waals surface area contributed by atoms with Crippen molar-refractivity contribution >= 4 is 40.5 Å². The highest BCUT2D eigenvalue weighted by Crippen LogP contribution is 2.38. The molecule has 0 radical (unpaired) electrons. The van der Waals surface area contributed by atoms with Crippen LogP contribution < -0.4 is 10.2 Å². The second-order valence-corrected chi connectivity index (χ2v) is 6.96. The van der Waals surface area contributed by atoms with Gasteiger partial charge >= 0.3 is 0 Å². The lowest BCUT2D eigenvalue weighted by atomic mass is 10.2. The second-order valence-electron chi connectivity index (χ2n) is 6.12. The molecule has 4 rings (SSSR count). The molecule has 0 spiro atoms. The van der Waals surface area contributed by atoms with Gasteiger partial charge in [0.1, 0.15) is 0 Å². The molecule has 0 saturated heterocycles. The van der Waals surface area contributed by atoms with Crippen molar-refractivity contribution in [1.82, 2.24) is 4.98 Å². The van der Waals surface area contributed by atoms with Crippen LogP contribution in [0.5, 0.6) is 0 Å². The van der Waals surface area contributed by atoms with Crippen LogP contribution in [0, 0.1) is 6.92 Å². The van der Waals surface area contributed by atoms with Gasteiger partial charge in [0.05, 0.1) is 22.0 Å². The van der Waals surface area contributed by atoms with Gasteiger partial charge in [0, 0.05) is 16.9 Å². The Morgan fingerprint density at radius 3 is 2.58 bits per heavy atom. The molecule has 0 fully saturated rings. The maximum atomic E-state index is 13.0. The van der Waals surface area contributed by atoms with Crippen LogP contribution in [0.2, 0.25) is 10.0 Å². The lowest BCUT2D eigenvalue weighted by Gasteiger charge is -2.27. The quantitative estimate of drug-likeness (QED) is 0.652. The number of amides is 1. The third kappa shape index (κ3) is 2.91. The molecule has 1 atom stereocenters. The van der Waals surface area contributed by atoms with E-state index < -0.39 is 6.17 Å². The van der Waals surface area contributed by atoms with Gasteiger partial charge in [-0.25, -0.2) is 0 Å². The van der Waals surface area contributed by atoms with E-state index in [1.807, 2.05) is 31.2 Å². The maximum Gasteiger partial charge on any atom is 0.262 e. The summed E-state index contributed by atoms with van der Waals surface area (Å²) in [6.45, 7) is 2.01. The fourth-order valence-electron chi connectivity index (χ4n) is 3.04. The zero-order chi connectivity index (χ0) is 18.3. The number of hydrogen-bond donors (Lipinski definition) is 1. The maximum absolute atomic E-state index is 13.0. The van der Waals surface area contributed by atoms with Crippen LogP contribution in [-0.2, 0) is 0 Å². The first-order valence-corrected chi connectivity index (χ1v) is 8.87. The van der Waals surface area contributed by atoms with E-state index in [2.05, 4.69) is 10.3 Å². The van der Waals surface area contributed by atoms with E-state index in [4.69, 9.17) is 23.2 Å². The highest BCUT2D eigenvalue weighted by molar-refractivity contribution is 6.36. The Kier molecular flexibility index (Phi) is 4.31. The van der Waals surface area contributed by atoms with Gasteiger partial charge in [0.2, 0.25) is 0 Å². The number of fused-ring (bicyclic) bond motifs is 1. The van der Waals surface area contributed by atoms with Crippen molar-refractivity contribution in [3.8, 4) is 0 Å². The Bertz CT molecular complexity index is 989. The highest BCUT2D eigenvalue weighted by Gasteiger charge is 2.39. The molecule has 0 unspecified atom stereocenters. The standard InChI is InChI=1S/C20H15Cl2N3O/c1-12-4-7-14(8-5-12)25-19(18-15(20(25)26)3-2-10-23-18)24-17-9-6-13(21)11-16(17)22/h2-11,19,24H,1H3/t19-/m1/s1. The van der Waals surface area contributed by atoms with Crippen molar-refractivity contribution in [2.24, 2.45) is 0 Å². The molecular weight excluding hydrogens is 369 g/mol. The van der Waals surface area contributed by atoms with Crippen LogP contribution in [-0.4, -0.2) is 10.9 Å². The first-order valence-electron chi connectivity index (χ1n) is 8.11. The summed E-state index contributed by atoms with van der Waals surface area (Å²) in [6.07, 6.45) is 1.23. The number of nitrogens with zero attached hydrogens (tertiary/aromatic N) is 2. The zero-order valence-corrected chi connectivity index (χ0v) is 15.4. The van der Waals surface area contributed by atoms with E-state index in [0.717, 1.165) is 11.3 Å². The van der Waals surface area contributed by atoms with Gasteiger partial charge in [-0.3, -0.25) is 14.7 Å². The summed E-state index contributed by atoms with van der Waals surface area (Å²) in [4.78, 5) is 19.1. The van der Waals surface area contributed by atoms with Crippen molar-refractivity contribution in [3.63, 3.8) is 0 Å². The smallest absolute Gasteiger partial charge is 0.262 e. The Morgan fingerprint density at radius 2 is 1.85 bits per heavy atom. The zero-order valence-electron chi connectivity index (χ0n) is 13.9. The third-order valence-electron chi connectivity index (χ3n) is 4.34. The summed E-state index contributed by atoms with van der Waals surface area (Å²) in [6, 6.07) is 16.6. The molecule has 1 aromatic heterocycles. The van der Waals surface area contributed by atoms with E-state index in [1.54, 1.807) is 41.4 Å². The highest BCUT2D eigenvalue weighted by atomic mass is 35.5. The summed E-state index contributed by atoms with van der Waals surface area (Å²) < 4.78 is 0. The van der Waals surface area contributed by atoms with Gasteiger partial charge in [0.15, 0.2) is 6.17 Å². The van der Waals surface area contributed by atoms with E-state index in [1.165, 1.54) is 0 Å². The number of hydrogen-bond acceptors (Lipinski definition) is 3. The summed E-state index contributed by atoms with van der Waals surface area (Å²) in [5.74, 6) is -0.0976. The average molecular weight is 384 g/mol. The van der Waals surface area contributed by atoms with Crippen LogP contribution in [0.4, 0.5) is 11.4 Å². The molecule has 2 aromatic carbocycles. The molecule has 0 bridgehead atoms. The Labute approximate surface area is 161 Å². The second kappa shape index (κ2) is 6.63. The first kappa shape index (κ1) is 16.9. The number of carbonyl (C=O) groups is 1. The molecular formula is C20H15Cl2N3O. The number of pyridine rings is 1. The number of aromatic nitrogens is 1. The molecule has 4 nitrogen and oxygen atoms in total. The fourth-order valence-corrected chi connectivity index (χ4v) is 3.51. The van der Waals surface area contributed by atoms with Crippen molar-refractivity contribution in [2.75, 3.05) is 10.2 Å². The molecule has 1 amide bonds. The van der Waals surface area contributed by atoms with Crippen LogP contribution in [0.1, 0.15) is 27.8 Å². The molecule has 1 N–H and O–H groups in total. The molecule has 1 aliphatic heterocycles. The fraction of sp³-hybridized carbons (Fsp3) is 0.100. The predicted molar refractivity (Wildman–Crippen MR) is 105 cm³/mol. The van der Waals surface area contributed by atoms with Crippen LogP contribution in [0.15, 0.2) is 60.8 Å². The summed E-state index contributed by atoms with van der Waals surface area (Å²) in [7, 11) is 0. The van der Waals surface area contributed by atoms with E-state index in [9.17, 15) is 4.79 Å². The Balaban J connectivity index is 1.79. The Hall–Kier alpha value is -2.56. The summed E-state index contributed by atoms with van der Waals surface area (Å²) in [5.41, 5.74) is 3.85. The molecule has 1 aliphatic rings. The molecule has 130 valence electrons. The topological polar surface area (TPSA) is 45.2 Å². The van der Waals surface area contributed by atoms with Crippen molar-refractivity contribution < 1.29 is 4.79 Å². The number of halogens is 2. The van der Waals surface area contributed by atoms with E-state index in [-0.39, 0.29) is 5.91 Å². The van der Waals surface area contributed by atoms with Crippen LogP contribution >= 0.6 is 23.2 Å².